The Kier molecular flexibility index (Phi) is 5.70. The van der Waals surface area contributed by atoms with Gasteiger partial charge in [0.25, 0.3) is 0 Å². The minimum Gasteiger partial charge on any atom is -0.310 e. The van der Waals surface area contributed by atoms with Crippen molar-refractivity contribution in [1.82, 2.24) is 5.32 Å². The van der Waals surface area contributed by atoms with Crippen LogP contribution >= 0.6 is 0 Å². The minimum absolute atomic E-state index is 0.510. The Labute approximate surface area is 107 Å². The fourth-order valence-electron chi connectivity index (χ4n) is 2.50. The quantitative estimate of drug-likeness (QED) is 0.768. The van der Waals surface area contributed by atoms with Crippen LogP contribution in [0.25, 0.3) is 0 Å². The van der Waals surface area contributed by atoms with Crippen LogP contribution in [0.5, 0.6) is 0 Å². The molecule has 0 bridgehead atoms. The topological polar surface area (TPSA) is 12.0 Å². The Morgan fingerprint density at radius 1 is 1.12 bits per heavy atom. The molecule has 0 spiro atoms. The number of benzene rings is 1. The molecule has 0 amide bonds. The Balaban J connectivity index is 2.96. The summed E-state index contributed by atoms with van der Waals surface area (Å²) in [4.78, 5) is 0. The van der Waals surface area contributed by atoms with E-state index in [4.69, 9.17) is 0 Å². The van der Waals surface area contributed by atoms with Crippen molar-refractivity contribution in [2.24, 2.45) is 5.92 Å². The summed E-state index contributed by atoms with van der Waals surface area (Å²) in [7, 11) is 0. The normalized spacial score (nSPS) is 14.6. The van der Waals surface area contributed by atoms with Gasteiger partial charge in [-0.3, -0.25) is 0 Å². The second kappa shape index (κ2) is 6.80. The van der Waals surface area contributed by atoms with Crippen LogP contribution < -0.4 is 5.32 Å². The largest absolute Gasteiger partial charge is 0.310 e. The van der Waals surface area contributed by atoms with Gasteiger partial charge in [-0.05, 0) is 49.4 Å². The van der Waals surface area contributed by atoms with Gasteiger partial charge in [-0.15, -0.1) is 0 Å². The van der Waals surface area contributed by atoms with E-state index in [0.717, 1.165) is 12.5 Å². The van der Waals surface area contributed by atoms with Crippen molar-refractivity contribution in [1.29, 1.82) is 0 Å². The second-order valence-electron chi connectivity index (χ2n) is 5.16. The molecule has 0 aliphatic rings. The molecule has 1 heteroatoms. The van der Waals surface area contributed by atoms with Crippen LogP contribution in [0.1, 0.15) is 56.3 Å². The maximum Gasteiger partial charge on any atom is 0.0327 e. The molecule has 0 radical (unpaired) electrons. The summed E-state index contributed by atoms with van der Waals surface area (Å²) in [5.41, 5.74) is 4.34. The third-order valence-corrected chi connectivity index (χ3v) is 3.68. The zero-order chi connectivity index (χ0) is 12.8. The first-order valence-corrected chi connectivity index (χ1v) is 6.89. The minimum atomic E-state index is 0.510. The van der Waals surface area contributed by atoms with E-state index in [-0.39, 0.29) is 0 Å². The third kappa shape index (κ3) is 3.85. The van der Waals surface area contributed by atoms with Crippen LogP contribution in [0.3, 0.4) is 0 Å². The summed E-state index contributed by atoms with van der Waals surface area (Å²) >= 11 is 0. The van der Waals surface area contributed by atoms with E-state index in [1.807, 2.05) is 0 Å². The van der Waals surface area contributed by atoms with E-state index >= 15 is 0 Å². The molecule has 0 fully saturated rings. The highest BCUT2D eigenvalue weighted by Gasteiger charge is 2.17. The van der Waals surface area contributed by atoms with Gasteiger partial charge in [0.05, 0.1) is 0 Å². The lowest BCUT2D eigenvalue weighted by molar-refractivity contribution is 0.406. The van der Waals surface area contributed by atoms with Crippen molar-refractivity contribution in [3.63, 3.8) is 0 Å². The maximum atomic E-state index is 3.65. The van der Waals surface area contributed by atoms with E-state index in [2.05, 4.69) is 58.1 Å². The number of aryl methyl sites for hydroxylation is 2. The molecule has 0 saturated carbocycles. The number of nitrogens with one attached hydrogen (secondary N) is 1. The van der Waals surface area contributed by atoms with Gasteiger partial charge in [-0.1, -0.05) is 45.4 Å². The predicted octanol–water partition coefficient (Wildman–Crippen LogP) is 4.39. The maximum absolute atomic E-state index is 3.65. The van der Waals surface area contributed by atoms with Gasteiger partial charge in [-0.2, -0.15) is 0 Å². The molecule has 1 rings (SSSR count). The van der Waals surface area contributed by atoms with Gasteiger partial charge in [-0.25, -0.2) is 0 Å². The zero-order valence-corrected chi connectivity index (χ0v) is 12.0. The van der Waals surface area contributed by atoms with Crippen molar-refractivity contribution in [2.75, 3.05) is 6.54 Å². The molecule has 1 N–H and O–H groups in total. The van der Waals surface area contributed by atoms with Crippen molar-refractivity contribution in [3.8, 4) is 0 Å². The van der Waals surface area contributed by atoms with E-state index in [1.165, 1.54) is 29.5 Å². The molecule has 1 aromatic rings. The number of hydrogen-bond acceptors (Lipinski definition) is 1. The van der Waals surface area contributed by atoms with Gasteiger partial charge >= 0.3 is 0 Å². The van der Waals surface area contributed by atoms with Gasteiger partial charge < -0.3 is 5.32 Å². The van der Waals surface area contributed by atoms with Gasteiger partial charge in [0, 0.05) is 6.04 Å². The molecule has 0 aliphatic heterocycles. The summed E-state index contributed by atoms with van der Waals surface area (Å²) in [5, 5.41) is 3.65. The average Bonchev–Trinajstić information content (AvgIpc) is 2.28. The molecule has 1 nitrogen and oxygen atoms in total. The Hall–Kier alpha value is -0.820. The van der Waals surface area contributed by atoms with E-state index in [0.29, 0.717) is 6.04 Å². The Bertz CT molecular complexity index is 323. The zero-order valence-electron chi connectivity index (χ0n) is 12.0. The van der Waals surface area contributed by atoms with Crippen LogP contribution in [-0.4, -0.2) is 6.54 Å². The molecule has 2 atom stereocenters. The third-order valence-electron chi connectivity index (χ3n) is 3.68. The van der Waals surface area contributed by atoms with Crippen LogP contribution in [0, 0.1) is 19.8 Å². The highest BCUT2D eigenvalue weighted by atomic mass is 14.9. The van der Waals surface area contributed by atoms with Crippen molar-refractivity contribution in [3.05, 3.63) is 34.9 Å². The first kappa shape index (κ1) is 14.2. The van der Waals surface area contributed by atoms with E-state index < -0.39 is 0 Å². The molecule has 1 aromatic carbocycles. The average molecular weight is 233 g/mol. The fourth-order valence-corrected chi connectivity index (χ4v) is 2.50. The lowest BCUT2D eigenvalue weighted by Crippen LogP contribution is -2.24. The Morgan fingerprint density at radius 2 is 1.71 bits per heavy atom. The molecular weight excluding hydrogens is 206 g/mol. The van der Waals surface area contributed by atoms with Gasteiger partial charge in [0.2, 0.25) is 0 Å². The monoisotopic (exact) mass is 233 g/mol. The Morgan fingerprint density at radius 3 is 2.18 bits per heavy atom. The standard InChI is InChI=1S/C16H27N/c1-6-12(3)11-15(17-7-2)16-13(4)9-8-10-14(16)5/h8-10,12,15,17H,6-7,11H2,1-5H3. The highest BCUT2D eigenvalue weighted by molar-refractivity contribution is 5.36. The van der Waals surface area contributed by atoms with Crippen molar-refractivity contribution < 1.29 is 0 Å². The summed E-state index contributed by atoms with van der Waals surface area (Å²) in [6, 6.07) is 7.11. The fraction of sp³-hybridized carbons (Fsp3) is 0.625. The SMILES string of the molecule is CCNC(CC(C)CC)c1c(C)cccc1C. The van der Waals surface area contributed by atoms with Crippen molar-refractivity contribution in [2.45, 2.75) is 53.5 Å². The summed E-state index contributed by atoms with van der Waals surface area (Å²) in [6.07, 6.45) is 2.49. The summed E-state index contributed by atoms with van der Waals surface area (Å²) in [6.45, 7) is 12.3. The first-order chi connectivity index (χ1) is 8.10. The molecule has 0 heterocycles. The van der Waals surface area contributed by atoms with Crippen LogP contribution in [0.2, 0.25) is 0 Å². The molecule has 17 heavy (non-hydrogen) atoms. The van der Waals surface area contributed by atoms with Crippen LogP contribution in [-0.2, 0) is 0 Å². The summed E-state index contributed by atoms with van der Waals surface area (Å²) < 4.78 is 0. The molecule has 2 unspecified atom stereocenters. The molecule has 0 aliphatic carbocycles. The van der Waals surface area contributed by atoms with E-state index in [1.54, 1.807) is 0 Å². The molecule has 96 valence electrons. The van der Waals surface area contributed by atoms with E-state index in [9.17, 15) is 0 Å². The molecular formula is C16H27N. The number of rotatable bonds is 6. The first-order valence-electron chi connectivity index (χ1n) is 6.89. The smallest absolute Gasteiger partial charge is 0.0327 e. The molecule has 0 aromatic heterocycles. The lowest BCUT2D eigenvalue weighted by Gasteiger charge is -2.25. The summed E-state index contributed by atoms with van der Waals surface area (Å²) in [5.74, 6) is 0.776. The van der Waals surface area contributed by atoms with Crippen LogP contribution in [0.4, 0.5) is 0 Å². The molecule has 0 saturated heterocycles. The predicted molar refractivity (Wildman–Crippen MR) is 76.4 cm³/mol. The van der Waals surface area contributed by atoms with Crippen LogP contribution in [0.15, 0.2) is 18.2 Å². The lowest BCUT2D eigenvalue weighted by atomic mass is 9.89. The number of hydrogen-bond donors (Lipinski definition) is 1. The second-order valence-corrected chi connectivity index (χ2v) is 5.16. The van der Waals surface area contributed by atoms with Gasteiger partial charge in [0.15, 0.2) is 0 Å². The van der Waals surface area contributed by atoms with Crippen molar-refractivity contribution >= 4 is 0 Å². The van der Waals surface area contributed by atoms with Gasteiger partial charge in [0.1, 0.15) is 0 Å². The highest BCUT2D eigenvalue weighted by Crippen LogP contribution is 2.28.